The summed E-state index contributed by atoms with van der Waals surface area (Å²) in [5.74, 6) is 0.958. The lowest BCUT2D eigenvalue weighted by Gasteiger charge is -2.15. The number of halogens is 1. The van der Waals surface area contributed by atoms with E-state index in [0.29, 0.717) is 28.0 Å². The lowest BCUT2D eigenvalue weighted by molar-refractivity contribution is -0.246. The van der Waals surface area contributed by atoms with Crippen LogP contribution in [0.4, 0.5) is 0 Å². The second kappa shape index (κ2) is 8.81. The summed E-state index contributed by atoms with van der Waals surface area (Å²) in [6, 6.07) is 6.57. The van der Waals surface area contributed by atoms with E-state index in [1.807, 2.05) is 13.8 Å². The molecule has 0 saturated heterocycles. The number of carbonyl (C=O) groups excluding carboxylic acids is 1. The molecule has 0 aliphatic rings. The third kappa shape index (κ3) is 5.05. The van der Waals surface area contributed by atoms with Gasteiger partial charge in [0.05, 0.1) is 16.2 Å². The Morgan fingerprint density at radius 3 is 2.83 bits per heavy atom. The molecule has 0 aliphatic carbocycles. The van der Waals surface area contributed by atoms with Crippen LogP contribution in [0.15, 0.2) is 33.3 Å². The fraction of sp³-hybridized carbons (Fsp3) is 0.375. The summed E-state index contributed by atoms with van der Waals surface area (Å²) in [4.78, 5) is 16.3. The Bertz CT molecular complexity index is 689. The molecule has 0 radical (unpaired) electrons. The molecule has 7 nitrogen and oxygen atoms in total. The highest BCUT2D eigenvalue weighted by Gasteiger charge is 2.14. The van der Waals surface area contributed by atoms with Crippen molar-refractivity contribution in [2.45, 2.75) is 32.9 Å². The number of ether oxygens (including phenoxy) is 1. The maximum absolute atomic E-state index is 12.2. The molecule has 1 amide bonds. The van der Waals surface area contributed by atoms with E-state index in [2.05, 4.69) is 31.3 Å². The molecule has 0 saturated carbocycles. The van der Waals surface area contributed by atoms with Crippen LogP contribution in [-0.4, -0.2) is 29.0 Å². The van der Waals surface area contributed by atoms with Crippen LogP contribution in [0.1, 0.15) is 35.2 Å². The molecule has 2 rings (SSSR count). The molecule has 0 spiro atoms. The first-order valence-electron chi connectivity index (χ1n) is 7.45. The van der Waals surface area contributed by atoms with Crippen LogP contribution in [0.3, 0.4) is 0 Å². The summed E-state index contributed by atoms with van der Waals surface area (Å²) in [6.45, 7) is 4.02. The number of nitrogens with zero attached hydrogens (tertiary/aromatic N) is 1. The Morgan fingerprint density at radius 1 is 1.46 bits per heavy atom. The Kier molecular flexibility index (Phi) is 6.77. The van der Waals surface area contributed by atoms with Gasteiger partial charge in [-0.05, 0) is 47.5 Å². The number of aryl methyl sites for hydroxylation is 1. The van der Waals surface area contributed by atoms with Crippen molar-refractivity contribution in [1.29, 1.82) is 0 Å². The summed E-state index contributed by atoms with van der Waals surface area (Å²) in [7, 11) is 0. The Labute approximate surface area is 148 Å². The smallest absolute Gasteiger partial charge is 0.251 e. The van der Waals surface area contributed by atoms with E-state index < -0.39 is 0 Å². The topological polar surface area (TPSA) is 93.8 Å². The van der Waals surface area contributed by atoms with E-state index in [4.69, 9.17) is 14.5 Å². The normalized spacial score (nSPS) is 12.0. The highest BCUT2D eigenvalue weighted by molar-refractivity contribution is 9.10. The second-order valence-corrected chi connectivity index (χ2v) is 6.10. The monoisotopic (exact) mass is 398 g/mol. The zero-order chi connectivity index (χ0) is 17.5. The number of nitrogens with one attached hydrogen (secondary N) is 1. The van der Waals surface area contributed by atoms with E-state index in [9.17, 15) is 4.79 Å². The summed E-state index contributed by atoms with van der Waals surface area (Å²) in [5, 5.41) is 15.1. The minimum absolute atomic E-state index is 0.0429. The molecule has 2 aromatic rings. The number of hydrogen-bond donors (Lipinski definition) is 2. The molecule has 1 atom stereocenters. The summed E-state index contributed by atoms with van der Waals surface area (Å²) in [6.07, 6.45) is 0.644. The fourth-order valence-electron chi connectivity index (χ4n) is 2.01. The van der Waals surface area contributed by atoms with Crippen molar-refractivity contribution >= 4 is 21.8 Å². The minimum atomic E-state index is -0.258. The van der Waals surface area contributed by atoms with Crippen LogP contribution < -0.4 is 10.1 Å². The molecule has 1 aromatic heterocycles. The van der Waals surface area contributed by atoms with Crippen molar-refractivity contribution in [1.82, 2.24) is 10.5 Å². The number of benzene rings is 1. The predicted octanol–water partition coefficient (Wildman–Crippen LogP) is 3.32. The molecule has 1 heterocycles. The van der Waals surface area contributed by atoms with Crippen molar-refractivity contribution in [2.24, 2.45) is 0 Å². The highest BCUT2D eigenvalue weighted by Crippen LogP contribution is 2.27. The SMILES string of the molecule is CCC(COO)NC(=O)c1ccc(OCc2cc(C)no2)c(Br)c1. The van der Waals surface area contributed by atoms with Gasteiger partial charge in [-0.1, -0.05) is 12.1 Å². The van der Waals surface area contributed by atoms with Crippen molar-refractivity contribution in [2.75, 3.05) is 6.61 Å². The number of amides is 1. The molecule has 0 bridgehead atoms. The molecule has 8 heteroatoms. The lowest BCUT2D eigenvalue weighted by Crippen LogP contribution is -2.37. The Balaban J connectivity index is 1.99. The van der Waals surface area contributed by atoms with Crippen LogP contribution in [0.25, 0.3) is 0 Å². The number of rotatable bonds is 8. The lowest BCUT2D eigenvalue weighted by atomic mass is 10.1. The third-order valence-electron chi connectivity index (χ3n) is 3.34. The predicted molar refractivity (Wildman–Crippen MR) is 89.8 cm³/mol. The van der Waals surface area contributed by atoms with Crippen LogP contribution in [0.2, 0.25) is 0 Å². The first-order valence-corrected chi connectivity index (χ1v) is 8.24. The quantitative estimate of drug-likeness (QED) is 0.523. The summed E-state index contributed by atoms with van der Waals surface area (Å²) in [5.41, 5.74) is 1.26. The first kappa shape index (κ1) is 18.4. The van der Waals surface area contributed by atoms with Gasteiger partial charge in [0.15, 0.2) is 5.76 Å². The van der Waals surface area contributed by atoms with Crippen molar-refractivity contribution in [3.8, 4) is 5.75 Å². The number of hydrogen-bond acceptors (Lipinski definition) is 6. The van der Waals surface area contributed by atoms with Crippen LogP contribution in [0, 0.1) is 6.92 Å². The zero-order valence-electron chi connectivity index (χ0n) is 13.4. The summed E-state index contributed by atoms with van der Waals surface area (Å²) < 4.78 is 11.4. The Morgan fingerprint density at radius 2 is 2.25 bits per heavy atom. The molecule has 130 valence electrons. The van der Waals surface area contributed by atoms with Gasteiger partial charge in [0.2, 0.25) is 0 Å². The van der Waals surface area contributed by atoms with Crippen molar-refractivity contribution in [3.63, 3.8) is 0 Å². The zero-order valence-corrected chi connectivity index (χ0v) is 15.0. The largest absolute Gasteiger partial charge is 0.484 e. The van der Waals surface area contributed by atoms with E-state index in [1.165, 1.54) is 0 Å². The van der Waals surface area contributed by atoms with Gasteiger partial charge in [-0.3, -0.25) is 10.1 Å². The van der Waals surface area contributed by atoms with Crippen molar-refractivity contribution < 1.29 is 24.2 Å². The number of carbonyl (C=O) groups is 1. The molecule has 1 unspecified atom stereocenters. The van der Waals surface area contributed by atoms with Gasteiger partial charge in [-0.25, -0.2) is 4.89 Å². The van der Waals surface area contributed by atoms with E-state index in [-0.39, 0.29) is 25.2 Å². The van der Waals surface area contributed by atoms with Crippen LogP contribution in [0.5, 0.6) is 5.75 Å². The molecule has 1 aromatic carbocycles. The molecule has 24 heavy (non-hydrogen) atoms. The maximum atomic E-state index is 12.2. The standard InChI is InChI=1S/C16H19BrN2O5/c1-3-12(8-23-21)18-16(20)11-4-5-15(14(17)7-11)22-9-13-6-10(2)19-24-13/h4-7,12,21H,3,8-9H2,1-2H3,(H,18,20). The van der Waals surface area contributed by atoms with Gasteiger partial charge in [0.1, 0.15) is 19.0 Å². The average Bonchev–Trinajstić information content (AvgIpc) is 2.98. The van der Waals surface area contributed by atoms with Gasteiger partial charge < -0.3 is 14.6 Å². The van der Waals surface area contributed by atoms with Crippen LogP contribution >= 0.6 is 15.9 Å². The van der Waals surface area contributed by atoms with Gasteiger partial charge in [0, 0.05) is 11.6 Å². The fourth-order valence-corrected chi connectivity index (χ4v) is 2.51. The average molecular weight is 399 g/mol. The number of aromatic nitrogens is 1. The molecule has 0 aliphatic heterocycles. The van der Waals surface area contributed by atoms with E-state index in [1.54, 1.807) is 24.3 Å². The molecular formula is C16H19BrN2O5. The third-order valence-corrected chi connectivity index (χ3v) is 3.96. The first-order chi connectivity index (χ1) is 11.5. The Hall–Kier alpha value is -1.90. The minimum Gasteiger partial charge on any atom is -0.484 e. The highest BCUT2D eigenvalue weighted by atomic mass is 79.9. The summed E-state index contributed by atoms with van der Waals surface area (Å²) >= 11 is 3.39. The van der Waals surface area contributed by atoms with E-state index >= 15 is 0 Å². The molecular weight excluding hydrogens is 380 g/mol. The maximum Gasteiger partial charge on any atom is 0.251 e. The van der Waals surface area contributed by atoms with Gasteiger partial charge in [0.25, 0.3) is 5.91 Å². The second-order valence-electron chi connectivity index (χ2n) is 5.24. The van der Waals surface area contributed by atoms with Gasteiger partial charge in [-0.15, -0.1) is 0 Å². The van der Waals surface area contributed by atoms with Gasteiger partial charge in [-0.2, -0.15) is 0 Å². The van der Waals surface area contributed by atoms with Crippen molar-refractivity contribution in [3.05, 3.63) is 45.8 Å². The van der Waals surface area contributed by atoms with Crippen LogP contribution in [-0.2, 0) is 11.5 Å². The van der Waals surface area contributed by atoms with Gasteiger partial charge >= 0.3 is 0 Å². The molecule has 0 fully saturated rings. The van der Waals surface area contributed by atoms with E-state index in [0.717, 1.165) is 5.69 Å². The molecule has 2 N–H and O–H groups in total.